The number of ether oxygens (including phenoxy) is 1. The monoisotopic (exact) mass is 285 g/mol. The number of carbonyl (C=O) groups is 1. The number of urea groups is 1. The summed E-state index contributed by atoms with van der Waals surface area (Å²) >= 11 is 0. The second kappa shape index (κ2) is 6.65. The van der Waals surface area contributed by atoms with E-state index in [1.165, 1.54) is 0 Å². The Hall–Kier alpha value is -2.69. The molecule has 0 fully saturated rings. The summed E-state index contributed by atoms with van der Waals surface area (Å²) in [5.41, 5.74) is 8.10. The Kier molecular flexibility index (Phi) is 4.66. The lowest BCUT2D eigenvalue weighted by Crippen LogP contribution is -2.30. The normalized spacial score (nSPS) is 10.0. The fourth-order valence-corrected chi connectivity index (χ4v) is 1.86. The number of anilines is 2. The molecule has 0 saturated heterocycles. The third-order valence-corrected chi connectivity index (χ3v) is 3.09. The Morgan fingerprint density at radius 3 is 2.33 bits per heavy atom. The van der Waals surface area contributed by atoms with E-state index in [1.807, 2.05) is 24.3 Å². The van der Waals surface area contributed by atoms with E-state index >= 15 is 0 Å². The molecule has 2 amide bonds. The summed E-state index contributed by atoms with van der Waals surface area (Å²) in [6.45, 7) is 0.516. The molecule has 0 radical (unpaired) electrons. The van der Waals surface area contributed by atoms with Crippen molar-refractivity contribution in [2.24, 2.45) is 0 Å². The average Bonchev–Trinajstić information content (AvgIpc) is 2.50. The first-order chi connectivity index (χ1) is 10.1. The zero-order chi connectivity index (χ0) is 15.2. The summed E-state index contributed by atoms with van der Waals surface area (Å²) in [4.78, 5) is 13.7. The summed E-state index contributed by atoms with van der Waals surface area (Å²) < 4.78 is 5.08. The van der Waals surface area contributed by atoms with Gasteiger partial charge in [0.15, 0.2) is 0 Å². The smallest absolute Gasteiger partial charge is 0.321 e. The van der Waals surface area contributed by atoms with Crippen molar-refractivity contribution in [3.05, 3.63) is 54.1 Å². The maximum absolute atomic E-state index is 12.1. The van der Waals surface area contributed by atoms with Crippen LogP contribution in [0, 0.1) is 0 Å². The van der Waals surface area contributed by atoms with Crippen molar-refractivity contribution in [1.82, 2.24) is 4.90 Å². The van der Waals surface area contributed by atoms with Gasteiger partial charge in [-0.3, -0.25) is 0 Å². The third-order valence-electron chi connectivity index (χ3n) is 3.09. The van der Waals surface area contributed by atoms with Gasteiger partial charge in [0.05, 0.1) is 7.11 Å². The second-order valence-corrected chi connectivity index (χ2v) is 4.76. The number of nitrogens with zero attached hydrogens (tertiary/aromatic N) is 1. The number of methoxy groups -OCH3 is 1. The molecule has 2 aromatic carbocycles. The summed E-state index contributed by atoms with van der Waals surface area (Å²) in [5, 5.41) is 2.83. The largest absolute Gasteiger partial charge is 0.497 e. The Labute approximate surface area is 124 Å². The average molecular weight is 285 g/mol. The van der Waals surface area contributed by atoms with Gasteiger partial charge < -0.3 is 20.7 Å². The summed E-state index contributed by atoms with van der Waals surface area (Å²) in [6, 6.07) is 14.5. The Bertz CT molecular complexity index is 594. The van der Waals surface area contributed by atoms with Crippen LogP contribution in [-0.4, -0.2) is 25.1 Å². The summed E-state index contributed by atoms with van der Waals surface area (Å²) in [6.07, 6.45) is 0. The van der Waals surface area contributed by atoms with E-state index in [0.717, 1.165) is 17.0 Å². The van der Waals surface area contributed by atoms with Gasteiger partial charge in [-0.1, -0.05) is 12.1 Å². The first-order valence-corrected chi connectivity index (χ1v) is 6.59. The number of carbonyl (C=O) groups excluding carboxylic acids is 1. The predicted molar refractivity (Wildman–Crippen MR) is 84.3 cm³/mol. The van der Waals surface area contributed by atoms with Gasteiger partial charge in [-0.25, -0.2) is 4.79 Å². The number of nitrogens with two attached hydrogens (primary N) is 1. The molecule has 0 aromatic heterocycles. The Morgan fingerprint density at radius 1 is 1.14 bits per heavy atom. The van der Waals surface area contributed by atoms with Gasteiger partial charge in [0.1, 0.15) is 5.75 Å². The summed E-state index contributed by atoms with van der Waals surface area (Å²) in [5.74, 6) is 0.753. The predicted octanol–water partition coefficient (Wildman–Crippen LogP) is 2.94. The van der Waals surface area contributed by atoms with Crippen molar-refractivity contribution < 1.29 is 9.53 Å². The van der Waals surface area contributed by atoms with E-state index < -0.39 is 0 Å². The van der Waals surface area contributed by atoms with Gasteiger partial charge in [-0.2, -0.15) is 0 Å². The highest BCUT2D eigenvalue weighted by molar-refractivity contribution is 5.89. The first-order valence-electron chi connectivity index (χ1n) is 6.59. The fraction of sp³-hybridized carbons (Fsp3) is 0.188. The van der Waals surface area contributed by atoms with Crippen LogP contribution in [-0.2, 0) is 6.54 Å². The molecule has 0 saturated carbocycles. The summed E-state index contributed by atoms with van der Waals surface area (Å²) in [7, 11) is 3.35. The molecule has 5 nitrogen and oxygen atoms in total. The number of benzene rings is 2. The van der Waals surface area contributed by atoms with E-state index in [0.29, 0.717) is 12.2 Å². The molecule has 2 rings (SSSR count). The standard InChI is InChI=1S/C16H19N3O2/c1-19(11-12-3-5-13(17)6-4-12)16(20)18-14-7-9-15(21-2)10-8-14/h3-10H,11,17H2,1-2H3,(H,18,20). The van der Waals surface area contributed by atoms with Crippen LogP contribution in [0.4, 0.5) is 16.2 Å². The number of amides is 2. The van der Waals surface area contributed by atoms with Crippen LogP contribution in [0.5, 0.6) is 5.75 Å². The van der Waals surface area contributed by atoms with E-state index in [-0.39, 0.29) is 6.03 Å². The topological polar surface area (TPSA) is 67.6 Å². The molecule has 0 heterocycles. The van der Waals surface area contributed by atoms with Gasteiger partial charge in [-0.15, -0.1) is 0 Å². The molecular weight excluding hydrogens is 266 g/mol. The highest BCUT2D eigenvalue weighted by Crippen LogP contribution is 2.15. The Balaban J connectivity index is 1.93. The molecule has 0 unspecified atom stereocenters. The SMILES string of the molecule is COc1ccc(NC(=O)N(C)Cc2ccc(N)cc2)cc1. The molecule has 0 bridgehead atoms. The number of nitrogens with one attached hydrogen (secondary N) is 1. The number of rotatable bonds is 4. The van der Waals surface area contributed by atoms with Crippen molar-refractivity contribution in [2.75, 3.05) is 25.2 Å². The van der Waals surface area contributed by atoms with Gasteiger partial charge >= 0.3 is 6.03 Å². The van der Waals surface area contributed by atoms with Crippen molar-refractivity contribution in [3.8, 4) is 5.75 Å². The molecule has 0 aliphatic carbocycles. The minimum absolute atomic E-state index is 0.169. The third kappa shape index (κ3) is 4.14. The van der Waals surface area contributed by atoms with Crippen molar-refractivity contribution in [3.63, 3.8) is 0 Å². The zero-order valence-electron chi connectivity index (χ0n) is 12.2. The van der Waals surface area contributed by atoms with Crippen molar-refractivity contribution in [1.29, 1.82) is 0 Å². The molecule has 21 heavy (non-hydrogen) atoms. The molecule has 0 aliphatic rings. The van der Waals surface area contributed by atoms with Crippen LogP contribution in [0.25, 0.3) is 0 Å². The molecule has 0 atom stereocenters. The zero-order valence-corrected chi connectivity index (χ0v) is 12.2. The number of hydrogen-bond acceptors (Lipinski definition) is 3. The van der Waals surface area contributed by atoms with E-state index in [2.05, 4.69) is 5.32 Å². The molecule has 3 N–H and O–H groups in total. The first kappa shape index (κ1) is 14.7. The van der Waals surface area contributed by atoms with E-state index in [9.17, 15) is 4.79 Å². The molecule has 0 aliphatic heterocycles. The quantitative estimate of drug-likeness (QED) is 0.849. The van der Waals surface area contributed by atoms with Gasteiger partial charge in [0.25, 0.3) is 0 Å². The highest BCUT2D eigenvalue weighted by atomic mass is 16.5. The number of nitrogen functional groups attached to an aromatic ring is 1. The van der Waals surface area contributed by atoms with Gasteiger partial charge in [0.2, 0.25) is 0 Å². The minimum atomic E-state index is -0.169. The minimum Gasteiger partial charge on any atom is -0.497 e. The van der Waals surface area contributed by atoms with E-state index in [4.69, 9.17) is 10.5 Å². The van der Waals surface area contributed by atoms with Crippen LogP contribution in [0.3, 0.4) is 0 Å². The van der Waals surface area contributed by atoms with Crippen molar-refractivity contribution >= 4 is 17.4 Å². The molecule has 2 aromatic rings. The number of hydrogen-bond donors (Lipinski definition) is 2. The maximum Gasteiger partial charge on any atom is 0.321 e. The molecular formula is C16H19N3O2. The van der Waals surface area contributed by atoms with Crippen LogP contribution in [0.2, 0.25) is 0 Å². The fourth-order valence-electron chi connectivity index (χ4n) is 1.86. The molecule has 110 valence electrons. The lowest BCUT2D eigenvalue weighted by Gasteiger charge is -2.18. The maximum atomic E-state index is 12.1. The van der Waals surface area contributed by atoms with Crippen LogP contribution >= 0.6 is 0 Å². The van der Waals surface area contributed by atoms with Gasteiger partial charge in [-0.05, 0) is 42.0 Å². The highest BCUT2D eigenvalue weighted by Gasteiger charge is 2.09. The van der Waals surface area contributed by atoms with E-state index in [1.54, 1.807) is 43.3 Å². The second-order valence-electron chi connectivity index (χ2n) is 4.76. The van der Waals surface area contributed by atoms with Gasteiger partial charge in [0, 0.05) is 25.0 Å². The van der Waals surface area contributed by atoms with Crippen LogP contribution in [0.1, 0.15) is 5.56 Å². The molecule has 0 spiro atoms. The molecule has 5 heteroatoms. The lowest BCUT2D eigenvalue weighted by molar-refractivity contribution is 0.220. The van der Waals surface area contributed by atoms with Crippen LogP contribution in [0.15, 0.2) is 48.5 Å². The van der Waals surface area contributed by atoms with Crippen molar-refractivity contribution in [2.45, 2.75) is 6.54 Å². The lowest BCUT2D eigenvalue weighted by atomic mass is 10.2. The Morgan fingerprint density at radius 2 is 1.76 bits per heavy atom. The van der Waals surface area contributed by atoms with Crippen LogP contribution < -0.4 is 15.8 Å².